The number of aliphatic hydroxyl groups excluding tert-OH is 1. The second kappa shape index (κ2) is 6.75. The molecule has 0 aromatic carbocycles. The molecule has 0 spiro atoms. The summed E-state index contributed by atoms with van der Waals surface area (Å²) in [4.78, 5) is 24.4. The van der Waals surface area contributed by atoms with E-state index in [0.717, 1.165) is 12.8 Å². The van der Waals surface area contributed by atoms with Gasteiger partial charge in [-0.15, -0.1) is 0 Å². The number of carbonyl (C=O) groups is 2. The molecule has 0 aliphatic carbocycles. The number of carboxylic acids is 1. The average Bonchev–Trinajstić information content (AvgIpc) is 2.73. The van der Waals surface area contributed by atoms with E-state index in [0.29, 0.717) is 5.92 Å². The number of urea groups is 1. The number of carbonyl (C=O) groups excluding carboxylic acids is 1. The number of nitrogens with one attached hydrogen (secondary N) is 1. The lowest BCUT2D eigenvalue weighted by atomic mass is 9.96. The van der Waals surface area contributed by atoms with E-state index in [4.69, 9.17) is 5.11 Å². The number of hydrogen-bond acceptors (Lipinski definition) is 3. The van der Waals surface area contributed by atoms with Crippen molar-refractivity contribution >= 4 is 12.0 Å². The Labute approximate surface area is 113 Å². The first-order valence-electron chi connectivity index (χ1n) is 6.88. The summed E-state index contributed by atoms with van der Waals surface area (Å²) in [5, 5.41) is 21.4. The van der Waals surface area contributed by atoms with Gasteiger partial charge in [0.25, 0.3) is 0 Å². The zero-order valence-electron chi connectivity index (χ0n) is 11.8. The van der Waals surface area contributed by atoms with Crippen molar-refractivity contribution in [1.82, 2.24) is 10.2 Å². The van der Waals surface area contributed by atoms with Gasteiger partial charge in [0.15, 0.2) is 0 Å². The molecule has 6 heteroatoms. The van der Waals surface area contributed by atoms with Crippen LogP contribution in [0.3, 0.4) is 0 Å². The quantitative estimate of drug-likeness (QED) is 0.697. The monoisotopic (exact) mass is 272 g/mol. The van der Waals surface area contributed by atoms with Gasteiger partial charge >= 0.3 is 12.0 Å². The Kier molecular flexibility index (Phi) is 5.60. The van der Waals surface area contributed by atoms with Gasteiger partial charge in [-0.25, -0.2) is 9.59 Å². The lowest BCUT2D eigenvalue weighted by Crippen LogP contribution is -2.50. The molecule has 1 rings (SSSR count). The van der Waals surface area contributed by atoms with E-state index in [2.05, 4.69) is 19.2 Å². The van der Waals surface area contributed by atoms with Gasteiger partial charge in [0.1, 0.15) is 6.04 Å². The van der Waals surface area contributed by atoms with E-state index >= 15 is 0 Å². The average molecular weight is 272 g/mol. The maximum absolute atomic E-state index is 12.1. The highest BCUT2D eigenvalue weighted by Crippen LogP contribution is 2.19. The first-order chi connectivity index (χ1) is 8.90. The fourth-order valence-corrected chi connectivity index (χ4v) is 2.66. The highest BCUT2D eigenvalue weighted by atomic mass is 16.4. The summed E-state index contributed by atoms with van der Waals surface area (Å²) >= 11 is 0. The van der Waals surface area contributed by atoms with Gasteiger partial charge in [-0.3, -0.25) is 0 Å². The number of nitrogens with zero attached hydrogens (tertiary/aromatic N) is 1. The Morgan fingerprint density at radius 2 is 1.95 bits per heavy atom. The van der Waals surface area contributed by atoms with Crippen LogP contribution >= 0.6 is 0 Å². The third-order valence-corrected chi connectivity index (χ3v) is 3.93. The minimum Gasteiger partial charge on any atom is -0.480 e. The van der Waals surface area contributed by atoms with E-state index in [1.54, 1.807) is 0 Å². The summed E-state index contributed by atoms with van der Waals surface area (Å²) in [5.41, 5.74) is 0. The maximum Gasteiger partial charge on any atom is 0.326 e. The van der Waals surface area contributed by atoms with Gasteiger partial charge in [0, 0.05) is 19.0 Å². The molecule has 3 N–H and O–H groups in total. The second-order valence-corrected chi connectivity index (χ2v) is 5.21. The van der Waals surface area contributed by atoms with Gasteiger partial charge in [-0.05, 0) is 12.8 Å². The highest BCUT2D eigenvalue weighted by molar-refractivity contribution is 5.83. The molecule has 6 nitrogen and oxygen atoms in total. The molecule has 19 heavy (non-hydrogen) atoms. The van der Waals surface area contributed by atoms with E-state index < -0.39 is 24.1 Å². The number of aliphatic hydroxyl groups is 1. The zero-order chi connectivity index (χ0) is 14.6. The Morgan fingerprint density at radius 3 is 2.42 bits per heavy atom. The van der Waals surface area contributed by atoms with Crippen LogP contribution in [0.2, 0.25) is 0 Å². The van der Waals surface area contributed by atoms with Crippen LogP contribution in [0.15, 0.2) is 0 Å². The Bertz CT molecular complexity index is 331. The first kappa shape index (κ1) is 15.8. The van der Waals surface area contributed by atoms with Gasteiger partial charge in [-0.1, -0.05) is 26.7 Å². The van der Waals surface area contributed by atoms with Crippen LogP contribution in [0.1, 0.15) is 40.0 Å². The molecule has 0 bridgehead atoms. The standard InChI is InChI=1S/C13H24N2O4/c1-4-9(5-2)8(3)14-13(19)15-7-10(16)6-11(15)12(17)18/h8-11,16H,4-7H2,1-3H3,(H,14,19)(H,17,18). The van der Waals surface area contributed by atoms with Crippen LogP contribution in [0, 0.1) is 5.92 Å². The van der Waals surface area contributed by atoms with Crippen molar-refractivity contribution < 1.29 is 19.8 Å². The fraction of sp³-hybridized carbons (Fsp3) is 0.846. The summed E-state index contributed by atoms with van der Waals surface area (Å²) in [7, 11) is 0. The maximum atomic E-state index is 12.1. The molecule has 0 aromatic rings. The van der Waals surface area contributed by atoms with Crippen molar-refractivity contribution in [3.05, 3.63) is 0 Å². The molecular weight excluding hydrogens is 248 g/mol. The number of carboxylic acid groups (broad SMARTS) is 1. The number of hydrogen-bond donors (Lipinski definition) is 3. The van der Waals surface area contributed by atoms with Crippen molar-refractivity contribution in [3.8, 4) is 0 Å². The predicted molar refractivity (Wildman–Crippen MR) is 70.8 cm³/mol. The summed E-state index contributed by atoms with van der Waals surface area (Å²) in [6.45, 7) is 6.14. The molecule has 0 saturated carbocycles. The number of amides is 2. The van der Waals surface area contributed by atoms with Crippen LogP contribution in [-0.4, -0.2) is 51.8 Å². The van der Waals surface area contributed by atoms with E-state index in [9.17, 15) is 14.7 Å². The predicted octanol–water partition coefficient (Wildman–Crippen LogP) is 1.04. The summed E-state index contributed by atoms with van der Waals surface area (Å²) in [6, 6.07) is -1.33. The van der Waals surface area contributed by atoms with Crippen LogP contribution in [0.25, 0.3) is 0 Å². The van der Waals surface area contributed by atoms with E-state index in [1.807, 2.05) is 6.92 Å². The van der Waals surface area contributed by atoms with Crippen molar-refractivity contribution in [2.24, 2.45) is 5.92 Å². The molecule has 1 aliphatic heterocycles. The molecule has 1 fully saturated rings. The number of rotatable bonds is 5. The van der Waals surface area contributed by atoms with Gasteiger partial charge in [-0.2, -0.15) is 0 Å². The number of β-amino-alcohol motifs (C(OH)–C–C–N with tert-alkyl or cyclic N) is 1. The lowest BCUT2D eigenvalue weighted by molar-refractivity contribution is -0.141. The topological polar surface area (TPSA) is 89.9 Å². The molecule has 2 amide bonds. The van der Waals surface area contributed by atoms with E-state index in [-0.39, 0.29) is 19.0 Å². The lowest BCUT2D eigenvalue weighted by Gasteiger charge is -2.27. The van der Waals surface area contributed by atoms with Crippen molar-refractivity contribution in [3.63, 3.8) is 0 Å². The summed E-state index contributed by atoms with van der Waals surface area (Å²) < 4.78 is 0. The second-order valence-electron chi connectivity index (χ2n) is 5.21. The van der Waals surface area contributed by atoms with Crippen LogP contribution in [-0.2, 0) is 4.79 Å². The Balaban J connectivity index is 2.64. The van der Waals surface area contributed by atoms with Crippen molar-refractivity contribution in [1.29, 1.82) is 0 Å². The van der Waals surface area contributed by atoms with Crippen molar-refractivity contribution in [2.75, 3.05) is 6.54 Å². The zero-order valence-corrected chi connectivity index (χ0v) is 11.8. The largest absolute Gasteiger partial charge is 0.480 e. The van der Waals surface area contributed by atoms with Gasteiger partial charge in [0.2, 0.25) is 0 Å². The van der Waals surface area contributed by atoms with Crippen LogP contribution in [0.4, 0.5) is 4.79 Å². The molecule has 3 unspecified atom stereocenters. The Morgan fingerprint density at radius 1 is 1.37 bits per heavy atom. The SMILES string of the molecule is CCC(CC)C(C)NC(=O)N1CC(O)CC1C(=O)O. The summed E-state index contributed by atoms with van der Waals surface area (Å²) in [6.07, 6.45) is 1.27. The normalized spacial score (nSPS) is 24.6. The van der Waals surface area contributed by atoms with Crippen LogP contribution in [0.5, 0.6) is 0 Å². The molecule has 1 aliphatic rings. The molecule has 110 valence electrons. The minimum absolute atomic E-state index is 0.00492. The smallest absolute Gasteiger partial charge is 0.326 e. The van der Waals surface area contributed by atoms with Gasteiger partial charge in [0.05, 0.1) is 6.10 Å². The minimum atomic E-state index is -1.07. The Hall–Kier alpha value is -1.30. The molecule has 1 heterocycles. The number of likely N-dealkylation sites (tertiary alicyclic amines) is 1. The molecule has 0 aromatic heterocycles. The molecule has 0 radical (unpaired) electrons. The highest BCUT2D eigenvalue weighted by Gasteiger charge is 2.39. The fourth-order valence-electron chi connectivity index (χ4n) is 2.66. The third kappa shape index (κ3) is 3.83. The van der Waals surface area contributed by atoms with E-state index in [1.165, 1.54) is 4.90 Å². The number of aliphatic carboxylic acids is 1. The van der Waals surface area contributed by atoms with Crippen molar-refractivity contribution in [2.45, 2.75) is 58.2 Å². The van der Waals surface area contributed by atoms with Crippen LogP contribution < -0.4 is 5.32 Å². The third-order valence-electron chi connectivity index (χ3n) is 3.93. The molecular formula is C13H24N2O4. The molecule has 3 atom stereocenters. The van der Waals surface area contributed by atoms with Gasteiger partial charge < -0.3 is 20.4 Å². The molecule has 1 saturated heterocycles. The first-order valence-corrected chi connectivity index (χ1v) is 6.88. The summed E-state index contributed by atoms with van der Waals surface area (Å²) in [5.74, 6) is -0.693.